The highest BCUT2D eigenvalue weighted by Gasteiger charge is 2.35. The van der Waals surface area contributed by atoms with Crippen molar-refractivity contribution >= 4 is 39.1 Å². The van der Waals surface area contributed by atoms with E-state index in [0.29, 0.717) is 36.9 Å². The van der Waals surface area contributed by atoms with Crippen LogP contribution in [0.2, 0.25) is 0 Å². The molecule has 0 radical (unpaired) electrons. The maximum atomic E-state index is 12.5. The standard InChI is InChI=1S/C19H17BrN2O4/c20-13-1-3-14(4-2-13)21-19(24)12-9-18(23)22(11-12)15-5-6-16-17(10-15)26-8-7-25-16/h1-6,10,12H,7-9,11H2,(H,21,24). The number of anilines is 2. The first-order chi connectivity index (χ1) is 12.6. The van der Waals surface area contributed by atoms with Crippen LogP contribution in [-0.4, -0.2) is 31.6 Å². The van der Waals surface area contributed by atoms with Gasteiger partial charge in [0.15, 0.2) is 11.5 Å². The molecule has 7 heteroatoms. The first-order valence-corrected chi connectivity index (χ1v) is 9.16. The number of hydrogen-bond acceptors (Lipinski definition) is 4. The van der Waals surface area contributed by atoms with Crippen molar-refractivity contribution in [1.29, 1.82) is 0 Å². The van der Waals surface area contributed by atoms with Gasteiger partial charge >= 0.3 is 0 Å². The Morgan fingerprint density at radius 3 is 2.58 bits per heavy atom. The third-order valence-corrected chi connectivity index (χ3v) is 4.97. The number of ether oxygens (including phenoxy) is 2. The van der Waals surface area contributed by atoms with E-state index in [4.69, 9.17) is 9.47 Å². The molecule has 2 aromatic carbocycles. The van der Waals surface area contributed by atoms with Crippen molar-refractivity contribution in [2.24, 2.45) is 5.92 Å². The molecule has 1 saturated heterocycles. The van der Waals surface area contributed by atoms with Crippen molar-refractivity contribution in [2.75, 3.05) is 30.0 Å². The second-order valence-corrected chi connectivity index (χ2v) is 7.15. The van der Waals surface area contributed by atoms with Crippen molar-refractivity contribution in [3.05, 3.63) is 46.9 Å². The van der Waals surface area contributed by atoms with E-state index in [1.54, 1.807) is 17.0 Å². The van der Waals surface area contributed by atoms with Gasteiger partial charge in [-0.25, -0.2) is 0 Å². The van der Waals surface area contributed by atoms with E-state index in [2.05, 4.69) is 21.2 Å². The lowest BCUT2D eigenvalue weighted by molar-refractivity contribution is -0.122. The SMILES string of the molecule is O=C(Nc1ccc(Br)cc1)C1CC(=O)N(c2ccc3c(c2)OCCO3)C1. The maximum absolute atomic E-state index is 12.5. The fraction of sp³-hybridized carbons (Fsp3) is 0.263. The minimum atomic E-state index is -0.389. The summed E-state index contributed by atoms with van der Waals surface area (Å²) in [6, 6.07) is 12.8. The third kappa shape index (κ3) is 3.39. The smallest absolute Gasteiger partial charge is 0.229 e. The average Bonchev–Trinajstić information content (AvgIpc) is 3.05. The zero-order chi connectivity index (χ0) is 18.1. The van der Waals surface area contributed by atoms with Crippen LogP contribution in [0.4, 0.5) is 11.4 Å². The van der Waals surface area contributed by atoms with Crippen LogP contribution < -0.4 is 19.7 Å². The molecule has 0 bridgehead atoms. The molecule has 2 aromatic rings. The lowest BCUT2D eigenvalue weighted by Crippen LogP contribution is -2.28. The number of halogens is 1. The topological polar surface area (TPSA) is 67.9 Å². The largest absolute Gasteiger partial charge is 0.486 e. The number of carbonyl (C=O) groups is 2. The molecule has 2 amide bonds. The van der Waals surface area contributed by atoms with Gasteiger partial charge in [-0.05, 0) is 36.4 Å². The summed E-state index contributed by atoms with van der Waals surface area (Å²) in [6.07, 6.45) is 0.191. The molecule has 6 nitrogen and oxygen atoms in total. The van der Waals surface area contributed by atoms with Gasteiger partial charge in [-0.1, -0.05) is 15.9 Å². The molecule has 0 saturated carbocycles. The van der Waals surface area contributed by atoms with Crippen LogP contribution >= 0.6 is 15.9 Å². The molecule has 1 fully saturated rings. The molecule has 1 atom stereocenters. The minimum Gasteiger partial charge on any atom is -0.486 e. The minimum absolute atomic E-state index is 0.0716. The fourth-order valence-corrected chi connectivity index (χ4v) is 3.37. The van der Waals surface area contributed by atoms with Gasteiger partial charge in [0.2, 0.25) is 11.8 Å². The first kappa shape index (κ1) is 16.9. The van der Waals surface area contributed by atoms with E-state index in [9.17, 15) is 9.59 Å². The number of hydrogen-bond donors (Lipinski definition) is 1. The predicted octanol–water partition coefficient (Wildman–Crippen LogP) is 3.21. The zero-order valence-corrected chi connectivity index (χ0v) is 15.5. The number of carbonyl (C=O) groups excluding carboxylic acids is 2. The van der Waals surface area contributed by atoms with Gasteiger partial charge in [-0.15, -0.1) is 0 Å². The van der Waals surface area contributed by atoms with Crippen molar-refractivity contribution in [3.8, 4) is 11.5 Å². The Morgan fingerprint density at radius 1 is 1.08 bits per heavy atom. The van der Waals surface area contributed by atoms with Gasteiger partial charge in [0.25, 0.3) is 0 Å². The van der Waals surface area contributed by atoms with Crippen molar-refractivity contribution in [1.82, 2.24) is 0 Å². The van der Waals surface area contributed by atoms with Crippen LogP contribution in [0.15, 0.2) is 46.9 Å². The Labute approximate surface area is 159 Å². The molecule has 2 aliphatic heterocycles. The number of nitrogens with one attached hydrogen (secondary N) is 1. The fourth-order valence-electron chi connectivity index (χ4n) is 3.11. The average molecular weight is 417 g/mol. The molecular formula is C19H17BrN2O4. The van der Waals surface area contributed by atoms with E-state index in [1.807, 2.05) is 30.3 Å². The van der Waals surface area contributed by atoms with E-state index < -0.39 is 0 Å². The monoisotopic (exact) mass is 416 g/mol. The van der Waals surface area contributed by atoms with E-state index in [-0.39, 0.29) is 24.2 Å². The lowest BCUT2D eigenvalue weighted by atomic mass is 10.1. The highest BCUT2D eigenvalue weighted by Crippen LogP contribution is 2.36. The molecule has 1 N–H and O–H groups in total. The molecular weight excluding hydrogens is 400 g/mol. The molecule has 2 aliphatic rings. The van der Waals surface area contributed by atoms with E-state index in [0.717, 1.165) is 10.2 Å². The van der Waals surface area contributed by atoms with Crippen LogP contribution in [0.3, 0.4) is 0 Å². The first-order valence-electron chi connectivity index (χ1n) is 8.36. The molecule has 1 unspecified atom stereocenters. The molecule has 26 heavy (non-hydrogen) atoms. The molecule has 0 aliphatic carbocycles. The number of rotatable bonds is 3. The summed E-state index contributed by atoms with van der Waals surface area (Å²) in [7, 11) is 0. The van der Waals surface area contributed by atoms with Gasteiger partial charge in [0.05, 0.1) is 5.92 Å². The normalized spacial score (nSPS) is 18.7. The summed E-state index contributed by atoms with van der Waals surface area (Å²) < 4.78 is 12.0. The molecule has 0 spiro atoms. The summed E-state index contributed by atoms with van der Waals surface area (Å²) in [4.78, 5) is 26.6. The second-order valence-electron chi connectivity index (χ2n) is 6.23. The van der Waals surface area contributed by atoms with Crippen molar-refractivity contribution in [2.45, 2.75) is 6.42 Å². The maximum Gasteiger partial charge on any atom is 0.229 e. The van der Waals surface area contributed by atoms with E-state index in [1.165, 1.54) is 0 Å². The molecule has 2 heterocycles. The van der Waals surface area contributed by atoms with Crippen LogP contribution in [0.25, 0.3) is 0 Å². The Kier molecular flexibility index (Phi) is 4.55. The summed E-state index contributed by atoms with van der Waals surface area (Å²) >= 11 is 3.36. The highest BCUT2D eigenvalue weighted by molar-refractivity contribution is 9.10. The Hall–Kier alpha value is -2.54. The molecule has 4 rings (SSSR count). The van der Waals surface area contributed by atoms with Gasteiger partial charge in [-0.2, -0.15) is 0 Å². The number of benzene rings is 2. The Bertz CT molecular complexity index is 853. The third-order valence-electron chi connectivity index (χ3n) is 4.45. The quantitative estimate of drug-likeness (QED) is 0.833. The van der Waals surface area contributed by atoms with Crippen LogP contribution in [-0.2, 0) is 9.59 Å². The van der Waals surface area contributed by atoms with Gasteiger partial charge < -0.3 is 19.7 Å². The number of nitrogens with zero attached hydrogens (tertiary/aromatic N) is 1. The van der Waals surface area contributed by atoms with Crippen molar-refractivity contribution < 1.29 is 19.1 Å². The Morgan fingerprint density at radius 2 is 1.81 bits per heavy atom. The second kappa shape index (κ2) is 6.99. The van der Waals surface area contributed by atoms with Crippen LogP contribution in [0.5, 0.6) is 11.5 Å². The van der Waals surface area contributed by atoms with Gasteiger partial charge in [0.1, 0.15) is 13.2 Å². The predicted molar refractivity (Wildman–Crippen MR) is 101 cm³/mol. The summed E-state index contributed by atoms with van der Waals surface area (Å²) in [6.45, 7) is 1.36. The summed E-state index contributed by atoms with van der Waals surface area (Å²) in [5, 5.41) is 2.87. The van der Waals surface area contributed by atoms with Crippen LogP contribution in [0.1, 0.15) is 6.42 Å². The van der Waals surface area contributed by atoms with Gasteiger partial charge in [-0.3, -0.25) is 9.59 Å². The Balaban J connectivity index is 1.46. The van der Waals surface area contributed by atoms with Gasteiger partial charge in [0, 0.05) is 34.9 Å². The zero-order valence-electron chi connectivity index (χ0n) is 13.9. The van der Waals surface area contributed by atoms with E-state index >= 15 is 0 Å². The number of amides is 2. The molecule has 134 valence electrons. The summed E-state index contributed by atoms with van der Waals surface area (Å²) in [5.74, 6) is 0.693. The molecule has 0 aromatic heterocycles. The summed E-state index contributed by atoms with van der Waals surface area (Å²) in [5.41, 5.74) is 1.43. The lowest BCUT2D eigenvalue weighted by Gasteiger charge is -2.22. The highest BCUT2D eigenvalue weighted by atomic mass is 79.9. The van der Waals surface area contributed by atoms with Crippen molar-refractivity contribution in [3.63, 3.8) is 0 Å². The number of fused-ring (bicyclic) bond motifs is 1. The van der Waals surface area contributed by atoms with Crippen LogP contribution in [0, 0.1) is 5.92 Å².